The van der Waals surface area contributed by atoms with Crippen LogP contribution < -0.4 is 11.5 Å². The molecule has 1 rings (SSSR count). The quantitative estimate of drug-likeness (QED) is 0.744. The highest BCUT2D eigenvalue weighted by Gasteiger charge is 2.19. The predicted molar refractivity (Wildman–Crippen MR) is 67.5 cm³/mol. The van der Waals surface area contributed by atoms with Gasteiger partial charge in [-0.3, -0.25) is 4.79 Å². The summed E-state index contributed by atoms with van der Waals surface area (Å²) in [5, 5.41) is 9.75. The highest BCUT2D eigenvalue weighted by Crippen LogP contribution is 2.30. The zero-order chi connectivity index (χ0) is 13.2. The third-order valence-electron chi connectivity index (χ3n) is 2.71. The van der Waals surface area contributed by atoms with Crippen LogP contribution in [-0.4, -0.2) is 11.0 Å². The fourth-order valence-corrected chi connectivity index (χ4v) is 1.64. The Morgan fingerprint density at radius 2 is 2.00 bits per heavy atom. The van der Waals surface area contributed by atoms with Crippen LogP contribution in [0.3, 0.4) is 0 Å². The molecular formula is C13H20N2O2. The molecule has 1 amide bonds. The first-order chi connectivity index (χ1) is 7.71. The Morgan fingerprint density at radius 1 is 1.41 bits per heavy atom. The van der Waals surface area contributed by atoms with Gasteiger partial charge in [0.05, 0.1) is 0 Å². The molecule has 17 heavy (non-hydrogen) atoms. The number of amides is 1. The van der Waals surface area contributed by atoms with Gasteiger partial charge < -0.3 is 16.6 Å². The smallest absolute Gasteiger partial charge is 0.219 e. The second-order valence-electron chi connectivity index (χ2n) is 5.30. The van der Waals surface area contributed by atoms with Crippen molar-refractivity contribution in [3.05, 3.63) is 29.3 Å². The molecule has 1 unspecified atom stereocenters. The minimum absolute atomic E-state index is 0.0289. The summed E-state index contributed by atoms with van der Waals surface area (Å²) in [7, 11) is 0. The molecule has 4 nitrogen and oxygen atoms in total. The molecule has 0 heterocycles. The van der Waals surface area contributed by atoms with Crippen LogP contribution in [0.2, 0.25) is 0 Å². The van der Waals surface area contributed by atoms with E-state index >= 15 is 0 Å². The van der Waals surface area contributed by atoms with Crippen LogP contribution >= 0.6 is 0 Å². The molecule has 0 bridgehead atoms. The minimum atomic E-state index is -0.560. The lowest BCUT2D eigenvalue weighted by Crippen LogP contribution is -2.21. The Labute approximate surface area is 102 Å². The minimum Gasteiger partial charge on any atom is -0.508 e. The molecule has 0 spiro atoms. The zero-order valence-electron chi connectivity index (χ0n) is 10.5. The Balaban J connectivity index is 3.10. The number of rotatable bonds is 3. The van der Waals surface area contributed by atoms with Gasteiger partial charge >= 0.3 is 0 Å². The third kappa shape index (κ3) is 3.46. The van der Waals surface area contributed by atoms with E-state index < -0.39 is 11.9 Å². The number of nitrogens with two attached hydrogens (primary N) is 2. The second-order valence-corrected chi connectivity index (χ2v) is 5.30. The first-order valence-electron chi connectivity index (χ1n) is 5.59. The topological polar surface area (TPSA) is 89.3 Å². The van der Waals surface area contributed by atoms with E-state index in [1.165, 1.54) is 0 Å². The number of aromatic hydroxyl groups is 1. The lowest BCUT2D eigenvalue weighted by atomic mass is 9.85. The van der Waals surface area contributed by atoms with Gasteiger partial charge in [0.2, 0.25) is 5.91 Å². The molecule has 0 saturated carbocycles. The number of phenols is 1. The van der Waals surface area contributed by atoms with Crippen molar-refractivity contribution in [2.75, 3.05) is 0 Å². The predicted octanol–water partition coefficient (Wildman–Crippen LogP) is 1.56. The highest BCUT2D eigenvalue weighted by molar-refractivity contribution is 5.74. The van der Waals surface area contributed by atoms with Crippen molar-refractivity contribution in [2.24, 2.45) is 11.5 Å². The molecule has 0 saturated heterocycles. The van der Waals surface area contributed by atoms with Gasteiger partial charge in [-0.05, 0) is 23.1 Å². The summed E-state index contributed by atoms with van der Waals surface area (Å²) in [6.45, 7) is 6.22. The van der Waals surface area contributed by atoms with Crippen LogP contribution in [0, 0.1) is 0 Å². The molecule has 0 aromatic heterocycles. The summed E-state index contributed by atoms with van der Waals surface area (Å²) in [6.07, 6.45) is 0.0289. The summed E-state index contributed by atoms with van der Waals surface area (Å²) in [5.74, 6) is -0.371. The maximum absolute atomic E-state index is 10.8. The molecule has 0 aliphatic rings. The zero-order valence-corrected chi connectivity index (χ0v) is 10.5. The van der Waals surface area contributed by atoms with E-state index in [0.29, 0.717) is 5.56 Å². The van der Waals surface area contributed by atoms with Gasteiger partial charge in [-0.15, -0.1) is 0 Å². The lowest BCUT2D eigenvalue weighted by Gasteiger charge is -2.21. The largest absolute Gasteiger partial charge is 0.508 e. The van der Waals surface area contributed by atoms with E-state index in [1.54, 1.807) is 6.07 Å². The fraction of sp³-hybridized carbons (Fsp3) is 0.462. The standard InChI is InChI=1S/C13H20N2O2/c1-13(2,3)8-4-5-11(16)9(6-8)10(14)7-12(15)17/h4-6,10,16H,7,14H2,1-3H3,(H2,15,17). The van der Waals surface area contributed by atoms with Crippen molar-refractivity contribution in [3.63, 3.8) is 0 Å². The molecule has 1 atom stereocenters. The second kappa shape index (κ2) is 4.75. The summed E-state index contributed by atoms with van der Waals surface area (Å²) in [6, 6.07) is 4.74. The molecule has 0 fully saturated rings. The maximum Gasteiger partial charge on any atom is 0.219 e. The first kappa shape index (κ1) is 13.5. The van der Waals surface area contributed by atoms with E-state index in [-0.39, 0.29) is 17.6 Å². The van der Waals surface area contributed by atoms with Crippen LogP contribution in [-0.2, 0) is 10.2 Å². The van der Waals surface area contributed by atoms with Crippen LogP contribution in [0.4, 0.5) is 0 Å². The number of primary amides is 1. The fourth-order valence-electron chi connectivity index (χ4n) is 1.64. The van der Waals surface area contributed by atoms with E-state index in [2.05, 4.69) is 20.8 Å². The Bertz CT molecular complexity index is 422. The average Bonchev–Trinajstić information content (AvgIpc) is 2.15. The normalized spacial score (nSPS) is 13.4. The Kier molecular flexibility index (Phi) is 3.78. The Hall–Kier alpha value is -1.55. The molecule has 0 aliphatic heterocycles. The number of carbonyl (C=O) groups is 1. The Morgan fingerprint density at radius 3 is 2.47 bits per heavy atom. The third-order valence-corrected chi connectivity index (χ3v) is 2.71. The van der Waals surface area contributed by atoms with Gasteiger partial charge in [-0.2, -0.15) is 0 Å². The van der Waals surface area contributed by atoms with E-state index in [0.717, 1.165) is 5.56 Å². The highest BCUT2D eigenvalue weighted by atomic mass is 16.3. The van der Waals surface area contributed by atoms with Crippen LogP contribution in [0.15, 0.2) is 18.2 Å². The number of hydrogen-bond acceptors (Lipinski definition) is 3. The number of benzene rings is 1. The van der Waals surface area contributed by atoms with Crippen molar-refractivity contribution in [1.82, 2.24) is 0 Å². The summed E-state index contributed by atoms with van der Waals surface area (Å²) >= 11 is 0. The van der Waals surface area contributed by atoms with Crippen LogP contribution in [0.1, 0.15) is 44.4 Å². The van der Waals surface area contributed by atoms with E-state index in [4.69, 9.17) is 11.5 Å². The van der Waals surface area contributed by atoms with Crippen LogP contribution in [0.25, 0.3) is 0 Å². The van der Waals surface area contributed by atoms with E-state index in [9.17, 15) is 9.90 Å². The van der Waals surface area contributed by atoms with Gasteiger partial charge in [0.15, 0.2) is 0 Å². The van der Waals surface area contributed by atoms with E-state index in [1.807, 2.05) is 12.1 Å². The summed E-state index contributed by atoms with van der Waals surface area (Å²) < 4.78 is 0. The maximum atomic E-state index is 10.8. The number of carbonyl (C=O) groups excluding carboxylic acids is 1. The monoisotopic (exact) mass is 236 g/mol. The van der Waals surface area contributed by atoms with Gasteiger partial charge in [0, 0.05) is 18.0 Å². The molecule has 1 aromatic carbocycles. The van der Waals surface area contributed by atoms with Crippen molar-refractivity contribution >= 4 is 5.91 Å². The van der Waals surface area contributed by atoms with Crippen molar-refractivity contribution in [2.45, 2.75) is 38.6 Å². The lowest BCUT2D eigenvalue weighted by molar-refractivity contribution is -0.118. The number of hydrogen-bond donors (Lipinski definition) is 3. The van der Waals surface area contributed by atoms with Gasteiger partial charge in [-0.25, -0.2) is 0 Å². The van der Waals surface area contributed by atoms with Gasteiger partial charge in [0.25, 0.3) is 0 Å². The molecule has 0 aliphatic carbocycles. The average molecular weight is 236 g/mol. The molecule has 94 valence electrons. The molecule has 0 radical (unpaired) electrons. The molecular weight excluding hydrogens is 216 g/mol. The summed E-state index contributed by atoms with van der Waals surface area (Å²) in [5.41, 5.74) is 12.5. The molecule has 1 aromatic rings. The SMILES string of the molecule is CC(C)(C)c1ccc(O)c(C(N)CC(N)=O)c1. The van der Waals surface area contributed by atoms with Crippen molar-refractivity contribution in [1.29, 1.82) is 0 Å². The van der Waals surface area contributed by atoms with Gasteiger partial charge in [-0.1, -0.05) is 26.8 Å². The van der Waals surface area contributed by atoms with Crippen LogP contribution in [0.5, 0.6) is 5.75 Å². The first-order valence-corrected chi connectivity index (χ1v) is 5.59. The number of phenolic OH excluding ortho intramolecular Hbond substituents is 1. The summed E-state index contributed by atoms with van der Waals surface area (Å²) in [4.78, 5) is 10.8. The van der Waals surface area contributed by atoms with Gasteiger partial charge in [0.1, 0.15) is 5.75 Å². The molecule has 5 N–H and O–H groups in total. The van der Waals surface area contributed by atoms with Crippen molar-refractivity contribution < 1.29 is 9.90 Å². The van der Waals surface area contributed by atoms with Crippen molar-refractivity contribution in [3.8, 4) is 5.75 Å². The molecule has 4 heteroatoms.